The summed E-state index contributed by atoms with van der Waals surface area (Å²) in [5, 5.41) is 4.03. The Bertz CT molecular complexity index is 1310. The molecule has 32 heavy (non-hydrogen) atoms. The summed E-state index contributed by atoms with van der Waals surface area (Å²) in [5.74, 6) is -0.246. The molecule has 1 atom stereocenters. The minimum absolute atomic E-state index is 0.0411. The Kier molecular flexibility index (Phi) is 5.92. The molecule has 166 valence electrons. The van der Waals surface area contributed by atoms with Gasteiger partial charge in [0.25, 0.3) is 5.56 Å². The first-order valence-electron chi connectivity index (χ1n) is 10.8. The van der Waals surface area contributed by atoms with E-state index in [-0.39, 0.29) is 11.4 Å². The van der Waals surface area contributed by atoms with Gasteiger partial charge in [0.2, 0.25) is 0 Å². The van der Waals surface area contributed by atoms with Gasteiger partial charge in [-0.15, -0.1) is 22.7 Å². The lowest BCUT2D eigenvalue weighted by Gasteiger charge is -2.30. The molecule has 0 radical (unpaired) electrons. The highest BCUT2D eigenvalue weighted by Gasteiger charge is 2.27. The van der Waals surface area contributed by atoms with Gasteiger partial charge in [-0.3, -0.25) is 14.3 Å². The zero-order valence-electron chi connectivity index (χ0n) is 18.2. The van der Waals surface area contributed by atoms with Crippen LogP contribution in [0.25, 0.3) is 10.2 Å². The van der Waals surface area contributed by atoms with Gasteiger partial charge in [-0.25, -0.2) is 14.4 Å². The summed E-state index contributed by atoms with van der Waals surface area (Å²) in [6, 6.07) is 6.89. The van der Waals surface area contributed by atoms with Crippen molar-refractivity contribution in [3.8, 4) is 0 Å². The van der Waals surface area contributed by atoms with E-state index in [4.69, 9.17) is 0 Å². The van der Waals surface area contributed by atoms with Crippen molar-refractivity contribution >= 4 is 32.9 Å². The van der Waals surface area contributed by atoms with E-state index in [0.717, 1.165) is 52.3 Å². The van der Waals surface area contributed by atoms with Crippen LogP contribution in [0.4, 0.5) is 4.39 Å². The van der Waals surface area contributed by atoms with Gasteiger partial charge in [0.15, 0.2) is 0 Å². The number of halogens is 1. The molecule has 0 spiro atoms. The van der Waals surface area contributed by atoms with E-state index in [1.807, 2.05) is 6.92 Å². The van der Waals surface area contributed by atoms with Crippen molar-refractivity contribution in [3.63, 3.8) is 0 Å². The number of benzene rings is 1. The number of hydrogen-bond acceptors (Lipinski definition) is 6. The number of thiazole rings is 1. The Morgan fingerprint density at radius 3 is 2.84 bits per heavy atom. The first kappa shape index (κ1) is 21.4. The van der Waals surface area contributed by atoms with Crippen LogP contribution in [0, 0.1) is 12.7 Å². The molecule has 1 aliphatic rings. The average molecular weight is 469 g/mol. The molecule has 0 bridgehead atoms. The molecule has 0 amide bonds. The number of fused-ring (bicyclic) bond motifs is 3. The fourth-order valence-electron chi connectivity index (χ4n) is 4.49. The van der Waals surface area contributed by atoms with E-state index in [9.17, 15) is 9.18 Å². The van der Waals surface area contributed by atoms with Crippen LogP contribution in [0.3, 0.4) is 0 Å². The molecule has 5 rings (SSSR count). The molecule has 0 aliphatic heterocycles. The smallest absolute Gasteiger partial charge is 0.262 e. The van der Waals surface area contributed by atoms with E-state index < -0.39 is 0 Å². The lowest BCUT2D eigenvalue weighted by Crippen LogP contribution is -2.35. The van der Waals surface area contributed by atoms with E-state index in [2.05, 4.69) is 27.3 Å². The number of rotatable bonds is 6. The number of aryl methyl sites for hydroxylation is 4. The Hall–Kier alpha value is -2.42. The molecule has 8 heteroatoms. The molecule has 4 aromatic rings. The molecule has 0 saturated carbocycles. The van der Waals surface area contributed by atoms with Crippen molar-refractivity contribution in [1.29, 1.82) is 0 Å². The topological polar surface area (TPSA) is 51.0 Å². The number of likely N-dealkylation sites (N-methyl/N-ethyl adjacent to an activating group) is 1. The van der Waals surface area contributed by atoms with Crippen molar-refractivity contribution in [1.82, 2.24) is 19.4 Å². The second-order valence-corrected chi connectivity index (χ2v) is 10.6. The monoisotopic (exact) mass is 468 g/mol. The maximum absolute atomic E-state index is 13.2. The third kappa shape index (κ3) is 4.27. The number of nitrogens with zero attached hydrogens (tertiary/aromatic N) is 4. The fourth-order valence-corrected chi connectivity index (χ4v) is 6.34. The van der Waals surface area contributed by atoms with Crippen molar-refractivity contribution in [2.45, 2.75) is 51.7 Å². The van der Waals surface area contributed by atoms with Crippen molar-refractivity contribution < 1.29 is 4.39 Å². The molecule has 1 unspecified atom stereocenters. The van der Waals surface area contributed by atoms with Gasteiger partial charge in [0, 0.05) is 29.4 Å². The van der Waals surface area contributed by atoms with Crippen LogP contribution >= 0.6 is 22.7 Å². The molecule has 3 heterocycles. The SMILES string of the molecule is Cc1nc(CN(C)C2CCc3c(sc4ncn(CCc5ccc(F)cc5)c(=O)c34)C2)cs1. The molecule has 1 aliphatic carbocycles. The Balaban J connectivity index is 1.34. The standard InChI is InChI=1S/C24H25FN4OS2/c1-15-27-18(13-31-15)12-28(2)19-7-8-20-21(11-19)32-23-22(20)24(30)29(14-26-23)10-9-16-3-5-17(25)6-4-16/h3-6,13-14,19H,7-12H2,1-2H3. The molecule has 0 fully saturated rings. The second-order valence-electron chi connectivity index (χ2n) is 8.47. The Morgan fingerprint density at radius 1 is 1.28 bits per heavy atom. The predicted molar refractivity (Wildman–Crippen MR) is 128 cm³/mol. The van der Waals surface area contributed by atoms with Crippen LogP contribution in [0.5, 0.6) is 0 Å². The summed E-state index contributed by atoms with van der Waals surface area (Å²) in [5.41, 5.74) is 3.36. The molecule has 0 saturated heterocycles. The predicted octanol–water partition coefficient (Wildman–Crippen LogP) is 4.59. The summed E-state index contributed by atoms with van der Waals surface area (Å²) < 4.78 is 14.8. The highest BCUT2D eigenvalue weighted by Crippen LogP contribution is 2.35. The Morgan fingerprint density at radius 2 is 2.09 bits per heavy atom. The van der Waals surface area contributed by atoms with Gasteiger partial charge < -0.3 is 0 Å². The van der Waals surface area contributed by atoms with Gasteiger partial charge >= 0.3 is 0 Å². The van der Waals surface area contributed by atoms with Crippen LogP contribution in [-0.4, -0.2) is 32.5 Å². The molecule has 1 aromatic carbocycles. The van der Waals surface area contributed by atoms with Gasteiger partial charge in [-0.2, -0.15) is 0 Å². The quantitative estimate of drug-likeness (QED) is 0.415. The largest absolute Gasteiger partial charge is 0.298 e. The number of thiophene rings is 1. The van der Waals surface area contributed by atoms with Crippen LogP contribution in [0.1, 0.15) is 33.1 Å². The summed E-state index contributed by atoms with van der Waals surface area (Å²) >= 11 is 3.36. The van der Waals surface area contributed by atoms with Crippen molar-refractivity contribution in [2.75, 3.05) is 7.05 Å². The average Bonchev–Trinajstić information content (AvgIpc) is 3.37. The fraction of sp³-hybridized carbons (Fsp3) is 0.375. The number of hydrogen-bond donors (Lipinski definition) is 0. The maximum atomic E-state index is 13.2. The second kappa shape index (κ2) is 8.84. The van der Waals surface area contributed by atoms with E-state index in [0.29, 0.717) is 19.0 Å². The summed E-state index contributed by atoms with van der Waals surface area (Å²) in [7, 11) is 2.17. The maximum Gasteiger partial charge on any atom is 0.262 e. The molecule has 0 N–H and O–H groups in total. The van der Waals surface area contributed by atoms with Crippen LogP contribution in [-0.2, 0) is 32.4 Å². The first-order chi connectivity index (χ1) is 15.5. The van der Waals surface area contributed by atoms with Crippen LogP contribution in [0.2, 0.25) is 0 Å². The molecular formula is C24H25FN4OS2. The first-order valence-corrected chi connectivity index (χ1v) is 12.5. The zero-order valence-corrected chi connectivity index (χ0v) is 19.8. The van der Waals surface area contributed by atoms with E-state index >= 15 is 0 Å². The Labute approximate surface area is 194 Å². The highest BCUT2D eigenvalue weighted by atomic mass is 32.1. The summed E-state index contributed by atoms with van der Waals surface area (Å²) in [4.78, 5) is 27.0. The van der Waals surface area contributed by atoms with E-state index in [1.165, 1.54) is 22.6 Å². The van der Waals surface area contributed by atoms with E-state index in [1.54, 1.807) is 45.7 Å². The minimum atomic E-state index is -0.246. The van der Waals surface area contributed by atoms with Crippen LogP contribution < -0.4 is 5.56 Å². The van der Waals surface area contributed by atoms with Gasteiger partial charge in [-0.05, 0) is 62.9 Å². The van der Waals surface area contributed by atoms with Crippen LogP contribution in [0.15, 0.2) is 40.8 Å². The summed E-state index contributed by atoms with van der Waals surface area (Å²) in [6.07, 6.45) is 5.21. The van der Waals surface area contributed by atoms with Gasteiger partial charge in [0.1, 0.15) is 10.6 Å². The molecule has 3 aromatic heterocycles. The molecular weight excluding hydrogens is 443 g/mol. The zero-order chi connectivity index (χ0) is 22.2. The van der Waals surface area contributed by atoms with Gasteiger partial charge in [-0.1, -0.05) is 12.1 Å². The third-order valence-corrected chi connectivity index (χ3v) is 8.25. The molecule has 5 nitrogen and oxygen atoms in total. The lowest BCUT2D eigenvalue weighted by atomic mass is 9.92. The lowest BCUT2D eigenvalue weighted by molar-refractivity contribution is 0.213. The van der Waals surface area contributed by atoms with Gasteiger partial charge in [0.05, 0.1) is 22.4 Å². The van der Waals surface area contributed by atoms with Crippen molar-refractivity contribution in [2.24, 2.45) is 0 Å². The third-order valence-electron chi connectivity index (χ3n) is 6.27. The van der Waals surface area contributed by atoms with Crippen molar-refractivity contribution in [3.05, 3.63) is 78.8 Å². The highest BCUT2D eigenvalue weighted by molar-refractivity contribution is 7.18. The summed E-state index contributed by atoms with van der Waals surface area (Å²) in [6.45, 7) is 3.43. The minimum Gasteiger partial charge on any atom is -0.298 e. The number of aromatic nitrogens is 3. The normalized spacial score (nSPS) is 16.1.